The van der Waals surface area contributed by atoms with E-state index in [1.807, 2.05) is 0 Å². The molecule has 1 aliphatic rings. The van der Waals surface area contributed by atoms with Crippen molar-refractivity contribution in [1.82, 2.24) is 20.2 Å². The summed E-state index contributed by atoms with van der Waals surface area (Å²) < 4.78 is 6.42. The first-order chi connectivity index (χ1) is 7.22. The maximum Gasteiger partial charge on any atom is 0.318 e. The topological polar surface area (TPSA) is 69.9 Å². The molecule has 0 bridgehead atoms. The van der Waals surface area contributed by atoms with Gasteiger partial charge in [0.1, 0.15) is 5.25 Å². The number of tetrazole rings is 1. The third kappa shape index (κ3) is 2.28. The molecule has 15 heavy (non-hydrogen) atoms. The Labute approximate surface area is 91.4 Å². The Morgan fingerprint density at radius 2 is 2.40 bits per heavy atom. The zero-order chi connectivity index (χ0) is 10.8. The Bertz CT molecular complexity index is 363. The van der Waals surface area contributed by atoms with Gasteiger partial charge >= 0.3 is 5.97 Å². The van der Waals surface area contributed by atoms with Crippen LogP contribution in [-0.4, -0.2) is 38.5 Å². The number of ether oxygens (including phenoxy) is 1. The summed E-state index contributed by atoms with van der Waals surface area (Å²) in [6.07, 6.45) is 2.23. The molecule has 0 aromatic carbocycles. The minimum atomic E-state index is -0.279. The van der Waals surface area contributed by atoms with E-state index in [4.69, 9.17) is 0 Å². The first-order valence-electron chi connectivity index (χ1n) is 4.74. The molecular formula is C8H12N4O2S. The van der Waals surface area contributed by atoms with Crippen molar-refractivity contribution in [2.24, 2.45) is 0 Å². The summed E-state index contributed by atoms with van der Waals surface area (Å²) in [5.74, 6) is -0.259. The highest BCUT2D eigenvalue weighted by atomic mass is 32.2. The second kappa shape index (κ2) is 4.18. The summed E-state index contributed by atoms with van der Waals surface area (Å²) in [6, 6.07) is 0.423. The first kappa shape index (κ1) is 10.4. The summed E-state index contributed by atoms with van der Waals surface area (Å²) in [5, 5.41) is 11.8. The highest BCUT2D eigenvalue weighted by Gasteiger charge is 2.29. The van der Waals surface area contributed by atoms with Gasteiger partial charge < -0.3 is 4.74 Å². The average Bonchev–Trinajstić information content (AvgIpc) is 2.99. The third-order valence-electron chi connectivity index (χ3n) is 2.17. The van der Waals surface area contributed by atoms with Crippen LogP contribution in [0.15, 0.2) is 5.16 Å². The van der Waals surface area contributed by atoms with Gasteiger partial charge in [0.15, 0.2) is 0 Å². The second-order valence-corrected chi connectivity index (χ2v) is 4.73. The van der Waals surface area contributed by atoms with Gasteiger partial charge in [-0.05, 0) is 30.2 Å². The molecule has 82 valence electrons. The summed E-state index contributed by atoms with van der Waals surface area (Å²) in [4.78, 5) is 11.2. The zero-order valence-corrected chi connectivity index (χ0v) is 9.40. The summed E-state index contributed by atoms with van der Waals surface area (Å²) >= 11 is 1.33. The third-order valence-corrected chi connectivity index (χ3v) is 3.20. The van der Waals surface area contributed by atoms with Gasteiger partial charge in [-0.2, -0.15) is 0 Å². The number of carbonyl (C=O) groups excluding carboxylic acids is 1. The Morgan fingerprint density at radius 3 is 3.00 bits per heavy atom. The first-order valence-corrected chi connectivity index (χ1v) is 5.62. The molecule has 0 amide bonds. The van der Waals surface area contributed by atoms with Gasteiger partial charge in [0.05, 0.1) is 13.2 Å². The van der Waals surface area contributed by atoms with Gasteiger partial charge in [-0.25, -0.2) is 4.68 Å². The molecule has 0 spiro atoms. The number of methoxy groups -OCH3 is 1. The van der Waals surface area contributed by atoms with Gasteiger partial charge in [-0.3, -0.25) is 4.79 Å². The van der Waals surface area contributed by atoms with E-state index in [0.29, 0.717) is 11.2 Å². The summed E-state index contributed by atoms with van der Waals surface area (Å²) in [6.45, 7) is 1.78. The molecule has 0 aliphatic heterocycles. The van der Waals surface area contributed by atoms with Crippen molar-refractivity contribution in [1.29, 1.82) is 0 Å². The second-order valence-electron chi connectivity index (χ2n) is 3.42. The maximum absolute atomic E-state index is 11.2. The predicted molar refractivity (Wildman–Crippen MR) is 53.4 cm³/mol. The number of hydrogen-bond donors (Lipinski definition) is 0. The number of esters is 1. The number of nitrogens with zero attached hydrogens (tertiary/aromatic N) is 4. The van der Waals surface area contributed by atoms with E-state index in [0.717, 1.165) is 12.8 Å². The van der Waals surface area contributed by atoms with Gasteiger partial charge in [0.25, 0.3) is 0 Å². The number of thioether (sulfide) groups is 1. The van der Waals surface area contributed by atoms with Crippen LogP contribution >= 0.6 is 11.8 Å². The van der Waals surface area contributed by atoms with Crippen LogP contribution in [0.25, 0.3) is 0 Å². The molecule has 1 atom stereocenters. The van der Waals surface area contributed by atoms with E-state index in [1.54, 1.807) is 11.6 Å². The normalized spacial score (nSPS) is 17.5. The number of rotatable bonds is 4. The Hall–Kier alpha value is -1.11. The Balaban J connectivity index is 2.03. The van der Waals surface area contributed by atoms with Crippen LogP contribution in [0.1, 0.15) is 25.8 Å². The van der Waals surface area contributed by atoms with Gasteiger partial charge in [0.2, 0.25) is 5.16 Å². The van der Waals surface area contributed by atoms with E-state index < -0.39 is 0 Å². The lowest BCUT2D eigenvalue weighted by Crippen LogP contribution is -2.15. The van der Waals surface area contributed by atoms with Crippen LogP contribution in [0, 0.1) is 0 Å². The molecule has 6 nitrogen and oxygen atoms in total. The SMILES string of the molecule is COC(=O)C(C)Sc1nnnn1C1CC1. The zero-order valence-electron chi connectivity index (χ0n) is 8.58. The van der Waals surface area contributed by atoms with Crippen LogP contribution in [0.4, 0.5) is 0 Å². The van der Waals surface area contributed by atoms with E-state index in [-0.39, 0.29) is 11.2 Å². The quantitative estimate of drug-likeness (QED) is 0.557. The predicted octanol–water partition coefficient (Wildman–Crippen LogP) is 0.662. The lowest BCUT2D eigenvalue weighted by atomic mass is 10.5. The van der Waals surface area contributed by atoms with Crippen molar-refractivity contribution in [2.75, 3.05) is 7.11 Å². The van der Waals surface area contributed by atoms with E-state index in [9.17, 15) is 4.79 Å². The Kier molecular flexibility index (Phi) is 2.90. The van der Waals surface area contributed by atoms with Crippen LogP contribution in [0.3, 0.4) is 0 Å². The van der Waals surface area contributed by atoms with Gasteiger partial charge in [-0.15, -0.1) is 5.10 Å². The van der Waals surface area contributed by atoms with Crippen molar-refractivity contribution >= 4 is 17.7 Å². The van der Waals surface area contributed by atoms with Crippen molar-refractivity contribution < 1.29 is 9.53 Å². The number of hydrogen-bond acceptors (Lipinski definition) is 6. The largest absolute Gasteiger partial charge is 0.468 e. The number of aromatic nitrogens is 4. The summed E-state index contributed by atoms with van der Waals surface area (Å²) in [7, 11) is 1.38. The van der Waals surface area contributed by atoms with Crippen LogP contribution in [0.5, 0.6) is 0 Å². The van der Waals surface area contributed by atoms with Crippen molar-refractivity contribution in [3.63, 3.8) is 0 Å². The lowest BCUT2D eigenvalue weighted by molar-refractivity contribution is -0.139. The van der Waals surface area contributed by atoms with E-state index >= 15 is 0 Å². The highest BCUT2D eigenvalue weighted by Crippen LogP contribution is 2.37. The smallest absolute Gasteiger partial charge is 0.318 e. The van der Waals surface area contributed by atoms with E-state index in [2.05, 4.69) is 20.3 Å². The van der Waals surface area contributed by atoms with E-state index in [1.165, 1.54) is 18.9 Å². The highest BCUT2D eigenvalue weighted by molar-refractivity contribution is 8.00. The fourth-order valence-electron chi connectivity index (χ4n) is 1.18. The van der Waals surface area contributed by atoms with Crippen molar-refractivity contribution in [3.05, 3.63) is 0 Å². The molecule has 0 saturated heterocycles. The Morgan fingerprint density at radius 1 is 1.67 bits per heavy atom. The molecule has 1 fully saturated rings. The molecule has 0 radical (unpaired) electrons. The minimum absolute atomic E-state index is 0.259. The monoisotopic (exact) mass is 228 g/mol. The molecule has 1 heterocycles. The molecule has 7 heteroatoms. The molecular weight excluding hydrogens is 216 g/mol. The molecule has 1 aromatic rings. The lowest BCUT2D eigenvalue weighted by Gasteiger charge is -2.07. The molecule has 2 rings (SSSR count). The average molecular weight is 228 g/mol. The fraction of sp³-hybridized carbons (Fsp3) is 0.750. The van der Waals surface area contributed by atoms with Gasteiger partial charge in [0, 0.05) is 0 Å². The maximum atomic E-state index is 11.2. The van der Waals surface area contributed by atoms with Gasteiger partial charge in [-0.1, -0.05) is 11.8 Å². The minimum Gasteiger partial charge on any atom is -0.468 e. The van der Waals surface area contributed by atoms with Crippen molar-refractivity contribution in [2.45, 2.75) is 36.2 Å². The molecule has 0 N–H and O–H groups in total. The summed E-state index contributed by atoms with van der Waals surface area (Å²) in [5.41, 5.74) is 0. The number of carbonyl (C=O) groups is 1. The molecule has 1 aromatic heterocycles. The van der Waals surface area contributed by atoms with Crippen LogP contribution < -0.4 is 0 Å². The van der Waals surface area contributed by atoms with Crippen LogP contribution in [0.2, 0.25) is 0 Å². The van der Waals surface area contributed by atoms with Crippen molar-refractivity contribution in [3.8, 4) is 0 Å². The fourth-order valence-corrected chi connectivity index (χ4v) is 2.07. The standard InChI is InChI=1S/C8H12N4O2S/c1-5(7(13)14-2)15-8-9-10-11-12(8)6-3-4-6/h5-6H,3-4H2,1-2H3. The van der Waals surface area contributed by atoms with Crippen LogP contribution in [-0.2, 0) is 9.53 Å². The molecule has 1 aliphatic carbocycles. The molecule has 1 saturated carbocycles. The molecule has 1 unspecified atom stereocenters.